The summed E-state index contributed by atoms with van der Waals surface area (Å²) in [5.41, 5.74) is 11.9. The van der Waals surface area contributed by atoms with Crippen LogP contribution >= 0.6 is 0 Å². The lowest BCUT2D eigenvalue weighted by Gasteiger charge is -2.14. The van der Waals surface area contributed by atoms with Gasteiger partial charge in [-0.05, 0) is 85.0 Å². The molecule has 6 aromatic rings. The second-order valence-corrected chi connectivity index (χ2v) is 11.0. The van der Waals surface area contributed by atoms with Gasteiger partial charge in [-0.15, -0.1) is 0 Å². The topological polar surface area (TPSA) is 25.8 Å². The van der Waals surface area contributed by atoms with Crippen LogP contribution in [0.15, 0.2) is 121 Å². The van der Waals surface area contributed by atoms with Crippen molar-refractivity contribution in [2.75, 3.05) is 0 Å². The molecule has 0 aliphatic rings. The Kier molecular flexibility index (Phi) is 8.00. The summed E-state index contributed by atoms with van der Waals surface area (Å²) >= 11 is 0. The van der Waals surface area contributed by atoms with E-state index >= 15 is 0 Å². The molecule has 0 bridgehead atoms. The highest BCUT2D eigenvalue weighted by Gasteiger charge is 2.15. The summed E-state index contributed by atoms with van der Waals surface area (Å²) in [5, 5.41) is 1.08. The summed E-state index contributed by atoms with van der Waals surface area (Å²) in [5.74, 6) is 0.760. The molecule has 0 aliphatic heterocycles. The number of rotatable bonds is 9. The third-order valence-electron chi connectivity index (χ3n) is 8.00. The van der Waals surface area contributed by atoms with Crippen LogP contribution in [0.5, 0.6) is 0 Å². The van der Waals surface area contributed by atoms with E-state index in [1.807, 2.05) is 0 Å². The summed E-state index contributed by atoms with van der Waals surface area (Å²) < 4.78 is 0. The Morgan fingerprint density at radius 2 is 1.12 bits per heavy atom. The van der Waals surface area contributed by atoms with E-state index in [2.05, 4.69) is 135 Å². The molecule has 0 radical (unpaired) electrons. The highest BCUT2D eigenvalue weighted by Crippen LogP contribution is 2.34. The van der Waals surface area contributed by atoms with E-state index in [4.69, 9.17) is 9.97 Å². The third kappa shape index (κ3) is 6.12. The fourth-order valence-electron chi connectivity index (χ4n) is 5.77. The van der Waals surface area contributed by atoms with Gasteiger partial charge in [-0.2, -0.15) is 0 Å². The molecule has 41 heavy (non-hydrogen) atoms. The predicted molar refractivity (Wildman–Crippen MR) is 173 cm³/mol. The quantitative estimate of drug-likeness (QED) is 0.173. The summed E-state index contributed by atoms with van der Waals surface area (Å²) in [6.07, 6.45) is 6.03. The largest absolute Gasteiger partial charge is 0.228 e. The zero-order valence-corrected chi connectivity index (χ0v) is 24.0. The first-order chi connectivity index (χ1) is 20.2. The summed E-state index contributed by atoms with van der Waals surface area (Å²) in [4.78, 5) is 10.2. The minimum absolute atomic E-state index is 0.760. The Balaban J connectivity index is 1.21. The second kappa shape index (κ2) is 12.3. The zero-order chi connectivity index (χ0) is 28.0. The summed E-state index contributed by atoms with van der Waals surface area (Å²) in [7, 11) is 0. The lowest BCUT2D eigenvalue weighted by atomic mass is 9.96. The Bertz CT molecular complexity index is 1750. The predicted octanol–water partition coefficient (Wildman–Crippen LogP) is 10.2. The number of fused-ring (bicyclic) bond motifs is 1. The number of aromatic nitrogens is 2. The highest BCUT2D eigenvalue weighted by atomic mass is 14.9. The third-order valence-corrected chi connectivity index (χ3v) is 8.00. The molecular weight excluding hydrogens is 496 g/mol. The number of hydrogen-bond acceptors (Lipinski definition) is 2. The van der Waals surface area contributed by atoms with E-state index in [1.54, 1.807) is 0 Å². The maximum absolute atomic E-state index is 5.17. The average Bonchev–Trinajstić information content (AvgIpc) is 3.01. The summed E-state index contributed by atoms with van der Waals surface area (Å²) in [6, 6.07) is 43.3. The average molecular weight is 533 g/mol. The number of hydrogen-bond donors (Lipinski definition) is 0. The smallest absolute Gasteiger partial charge is 0.160 e. The van der Waals surface area contributed by atoms with Crippen LogP contribution in [-0.2, 0) is 12.8 Å². The maximum Gasteiger partial charge on any atom is 0.160 e. The second-order valence-electron chi connectivity index (χ2n) is 11.0. The molecule has 2 heteroatoms. The fraction of sp³-hybridized carbons (Fsp3) is 0.179. The Hall–Kier alpha value is -4.56. The van der Waals surface area contributed by atoms with Crippen molar-refractivity contribution < 1.29 is 0 Å². The van der Waals surface area contributed by atoms with Gasteiger partial charge in [-0.25, -0.2) is 9.97 Å². The van der Waals surface area contributed by atoms with E-state index in [0.29, 0.717) is 0 Å². The van der Waals surface area contributed by atoms with Crippen LogP contribution in [0, 0.1) is 13.8 Å². The van der Waals surface area contributed by atoms with Gasteiger partial charge in [0.1, 0.15) is 0 Å². The molecule has 2 nitrogen and oxygen atoms in total. The van der Waals surface area contributed by atoms with E-state index in [9.17, 15) is 0 Å². The Labute approximate surface area is 243 Å². The first-order valence-corrected chi connectivity index (χ1v) is 14.7. The van der Waals surface area contributed by atoms with Crippen molar-refractivity contribution in [2.24, 2.45) is 0 Å². The van der Waals surface area contributed by atoms with Gasteiger partial charge in [0.2, 0.25) is 0 Å². The molecule has 202 valence electrons. The summed E-state index contributed by atoms with van der Waals surface area (Å²) in [6.45, 7) is 4.32. The van der Waals surface area contributed by atoms with Gasteiger partial charge < -0.3 is 0 Å². The van der Waals surface area contributed by atoms with Gasteiger partial charge in [0, 0.05) is 16.5 Å². The van der Waals surface area contributed by atoms with Crippen LogP contribution < -0.4 is 0 Å². The fourth-order valence-corrected chi connectivity index (χ4v) is 5.77. The van der Waals surface area contributed by atoms with E-state index in [-0.39, 0.29) is 0 Å². The molecule has 1 aromatic heterocycles. The SMILES string of the molecule is Cc1cccc(C)c1-c1nc(-c2cccc(-c3ccc(CCCCCc4ccccc4)cc3)c2)nc2ccccc12. The van der Waals surface area contributed by atoms with E-state index < -0.39 is 0 Å². The molecule has 1 heterocycles. The number of nitrogens with zero attached hydrogens (tertiary/aromatic N) is 2. The van der Waals surface area contributed by atoms with Crippen molar-refractivity contribution in [3.05, 3.63) is 144 Å². The minimum Gasteiger partial charge on any atom is -0.228 e. The minimum atomic E-state index is 0.760. The van der Waals surface area contributed by atoms with Crippen molar-refractivity contribution in [1.82, 2.24) is 9.97 Å². The van der Waals surface area contributed by atoms with Gasteiger partial charge in [0.15, 0.2) is 5.82 Å². The zero-order valence-electron chi connectivity index (χ0n) is 24.0. The molecule has 0 fully saturated rings. The molecule has 6 rings (SSSR count). The van der Waals surface area contributed by atoms with Gasteiger partial charge >= 0.3 is 0 Å². The molecule has 0 atom stereocenters. The first kappa shape index (κ1) is 26.7. The molecule has 0 spiro atoms. The van der Waals surface area contributed by atoms with Crippen LogP contribution in [0.4, 0.5) is 0 Å². The molecule has 0 N–H and O–H groups in total. The van der Waals surface area contributed by atoms with Crippen molar-refractivity contribution in [2.45, 2.75) is 46.0 Å². The molecule has 0 aliphatic carbocycles. The van der Waals surface area contributed by atoms with Crippen LogP contribution in [0.1, 0.15) is 41.5 Å². The lowest BCUT2D eigenvalue weighted by Crippen LogP contribution is -1.98. The molecule has 0 saturated carbocycles. The van der Waals surface area contributed by atoms with Crippen molar-refractivity contribution >= 4 is 10.9 Å². The normalized spacial score (nSPS) is 11.2. The standard InChI is InChI=1S/C39H36N2/c1-28-13-11-14-29(2)37(28)38-35-21-9-10-22-36(35)40-39(41-38)34-20-12-19-33(27-34)32-25-23-31(24-26-32)18-8-4-7-17-30-15-5-3-6-16-30/h3,5-6,9-16,19-27H,4,7-8,17-18H2,1-2H3. The maximum atomic E-state index is 5.17. The number of benzene rings is 5. The molecule has 0 saturated heterocycles. The van der Waals surface area contributed by atoms with E-state index in [1.165, 1.54) is 64.6 Å². The number of unbranched alkanes of at least 4 members (excludes halogenated alkanes) is 2. The molecule has 0 unspecified atom stereocenters. The van der Waals surface area contributed by atoms with Gasteiger partial charge in [0.25, 0.3) is 0 Å². The van der Waals surface area contributed by atoms with Gasteiger partial charge in [-0.3, -0.25) is 0 Å². The molecular formula is C39H36N2. The number of aryl methyl sites for hydroxylation is 4. The first-order valence-electron chi connectivity index (χ1n) is 14.7. The van der Waals surface area contributed by atoms with Crippen LogP contribution in [0.25, 0.3) is 44.7 Å². The van der Waals surface area contributed by atoms with Crippen LogP contribution in [0.2, 0.25) is 0 Å². The number of para-hydroxylation sites is 1. The molecule has 0 amide bonds. The molecule has 5 aromatic carbocycles. The Morgan fingerprint density at radius 1 is 0.488 bits per heavy atom. The van der Waals surface area contributed by atoms with Crippen molar-refractivity contribution in [3.63, 3.8) is 0 Å². The van der Waals surface area contributed by atoms with Crippen LogP contribution in [0.3, 0.4) is 0 Å². The van der Waals surface area contributed by atoms with Gasteiger partial charge in [0.05, 0.1) is 11.2 Å². The van der Waals surface area contributed by atoms with Crippen LogP contribution in [-0.4, -0.2) is 9.97 Å². The van der Waals surface area contributed by atoms with Crippen molar-refractivity contribution in [1.29, 1.82) is 0 Å². The van der Waals surface area contributed by atoms with Gasteiger partial charge in [-0.1, -0.05) is 116 Å². The van der Waals surface area contributed by atoms with Crippen molar-refractivity contribution in [3.8, 4) is 33.8 Å². The lowest BCUT2D eigenvalue weighted by molar-refractivity contribution is 0.678. The van der Waals surface area contributed by atoms with E-state index in [0.717, 1.165) is 34.4 Å². The highest BCUT2D eigenvalue weighted by molar-refractivity contribution is 5.95. The Morgan fingerprint density at radius 3 is 1.88 bits per heavy atom. The monoisotopic (exact) mass is 532 g/mol.